The molecular weight excluding hydrogens is 460 g/mol. The van der Waals surface area contributed by atoms with Gasteiger partial charge in [-0.05, 0) is 73.2 Å². The second-order valence-corrected chi connectivity index (χ2v) is 9.64. The standard InChI is InChI=1S/C31H34N4O2/c1-23(8-9-24-6-4-3-5-7-24)33-31(36)26-11-10-25-16-17-32-30(29(25)22-26)35-20-18-34(19-21-35)27-12-14-28(37-2)15-13-27/h3-7,10-17,22-23H,8-9,18-21H2,1-2H3,(H,33,36)/t23-/m0/s1. The van der Waals surface area contributed by atoms with Gasteiger partial charge in [-0.1, -0.05) is 36.4 Å². The summed E-state index contributed by atoms with van der Waals surface area (Å²) in [4.78, 5) is 22.5. The fraction of sp³-hybridized carbons (Fsp3) is 0.290. The third kappa shape index (κ3) is 5.85. The number of benzene rings is 3. The van der Waals surface area contributed by atoms with Gasteiger partial charge in [-0.2, -0.15) is 0 Å². The number of anilines is 2. The van der Waals surface area contributed by atoms with Crippen molar-refractivity contribution in [2.24, 2.45) is 0 Å². The highest BCUT2D eigenvalue weighted by Gasteiger charge is 2.21. The molecule has 5 rings (SSSR count). The van der Waals surface area contributed by atoms with Crippen LogP contribution in [0.25, 0.3) is 10.8 Å². The Morgan fingerprint density at radius 3 is 2.41 bits per heavy atom. The lowest BCUT2D eigenvalue weighted by molar-refractivity contribution is 0.0938. The van der Waals surface area contributed by atoms with Crippen molar-refractivity contribution in [3.63, 3.8) is 0 Å². The van der Waals surface area contributed by atoms with E-state index in [0.29, 0.717) is 5.56 Å². The quantitative estimate of drug-likeness (QED) is 0.359. The number of piperazine rings is 1. The lowest BCUT2D eigenvalue weighted by Gasteiger charge is -2.37. The van der Waals surface area contributed by atoms with Crippen LogP contribution in [-0.4, -0.2) is 50.2 Å². The maximum atomic E-state index is 13.1. The van der Waals surface area contributed by atoms with Gasteiger partial charge in [0.25, 0.3) is 5.91 Å². The van der Waals surface area contributed by atoms with E-state index in [1.54, 1.807) is 7.11 Å². The van der Waals surface area contributed by atoms with Crippen molar-refractivity contribution in [2.45, 2.75) is 25.8 Å². The molecule has 0 bridgehead atoms. The predicted molar refractivity (Wildman–Crippen MR) is 151 cm³/mol. The minimum absolute atomic E-state index is 0.0402. The van der Waals surface area contributed by atoms with E-state index < -0.39 is 0 Å². The molecule has 3 aromatic carbocycles. The number of carbonyl (C=O) groups is 1. The van der Waals surface area contributed by atoms with Gasteiger partial charge in [0.15, 0.2) is 0 Å². The Morgan fingerprint density at radius 2 is 1.68 bits per heavy atom. The van der Waals surface area contributed by atoms with Gasteiger partial charge >= 0.3 is 0 Å². The molecule has 0 spiro atoms. The lowest BCUT2D eigenvalue weighted by atomic mass is 10.0. The Labute approximate surface area is 218 Å². The number of pyridine rings is 1. The summed E-state index contributed by atoms with van der Waals surface area (Å²) >= 11 is 0. The Balaban J connectivity index is 1.25. The topological polar surface area (TPSA) is 57.7 Å². The smallest absolute Gasteiger partial charge is 0.251 e. The number of aryl methyl sites for hydroxylation is 1. The van der Waals surface area contributed by atoms with Gasteiger partial charge in [0.05, 0.1) is 7.11 Å². The number of nitrogens with zero attached hydrogens (tertiary/aromatic N) is 3. The summed E-state index contributed by atoms with van der Waals surface area (Å²) in [6.07, 6.45) is 3.70. The van der Waals surface area contributed by atoms with Crippen LogP contribution in [-0.2, 0) is 6.42 Å². The molecule has 37 heavy (non-hydrogen) atoms. The molecule has 0 radical (unpaired) electrons. The van der Waals surface area contributed by atoms with Crippen LogP contribution in [0, 0.1) is 0 Å². The van der Waals surface area contributed by atoms with E-state index in [0.717, 1.165) is 61.4 Å². The van der Waals surface area contributed by atoms with E-state index >= 15 is 0 Å². The number of fused-ring (bicyclic) bond motifs is 1. The van der Waals surface area contributed by atoms with Crippen molar-refractivity contribution in [3.8, 4) is 5.75 Å². The van der Waals surface area contributed by atoms with E-state index in [9.17, 15) is 4.79 Å². The van der Waals surface area contributed by atoms with Crippen LogP contribution >= 0.6 is 0 Å². The van der Waals surface area contributed by atoms with Crippen LogP contribution in [0.2, 0.25) is 0 Å². The molecule has 1 aliphatic rings. The second kappa shape index (κ2) is 11.3. The molecule has 0 unspecified atom stereocenters. The molecule has 2 heterocycles. The van der Waals surface area contributed by atoms with Gasteiger partial charge in [0.1, 0.15) is 11.6 Å². The lowest BCUT2D eigenvalue weighted by Crippen LogP contribution is -2.46. The summed E-state index contributed by atoms with van der Waals surface area (Å²) in [5.74, 6) is 1.77. The molecule has 1 N–H and O–H groups in total. The fourth-order valence-electron chi connectivity index (χ4n) is 4.92. The molecule has 0 saturated carbocycles. The Kier molecular flexibility index (Phi) is 7.54. The number of ether oxygens (including phenoxy) is 1. The van der Waals surface area contributed by atoms with Crippen molar-refractivity contribution < 1.29 is 9.53 Å². The summed E-state index contributed by atoms with van der Waals surface area (Å²) in [6, 6.07) is 26.6. The van der Waals surface area contributed by atoms with Gasteiger partial charge in [-0.15, -0.1) is 0 Å². The number of hydrogen-bond donors (Lipinski definition) is 1. The van der Waals surface area contributed by atoms with Gasteiger partial charge in [-0.3, -0.25) is 4.79 Å². The number of carbonyl (C=O) groups excluding carboxylic acids is 1. The summed E-state index contributed by atoms with van der Waals surface area (Å²) in [5.41, 5.74) is 3.16. The Bertz CT molecular complexity index is 1330. The first kappa shape index (κ1) is 24.6. The van der Waals surface area contributed by atoms with Crippen LogP contribution in [0.3, 0.4) is 0 Å². The van der Waals surface area contributed by atoms with Crippen LogP contribution in [0.1, 0.15) is 29.3 Å². The number of amides is 1. The maximum absolute atomic E-state index is 13.1. The van der Waals surface area contributed by atoms with E-state index in [4.69, 9.17) is 9.72 Å². The van der Waals surface area contributed by atoms with E-state index in [1.165, 1.54) is 11.3 Å². The first-order valence-electron chi connectivity index (χ1n) is 13.0. The third-order valence-corrected chi connectivity index (χ3v) is 7.11. The zero-order chi connectivity index (χ0) is 25.6. The molecule has 1 fully saturated rings. The van der Waals surface area contributed by atoms with Crippen molar-refractivity contribution in [3.05, 3.63) is 96.2 Å². The monoisotopic (exact) mass is 494 g/mol. The molecular formula is C31H34N4O2. The first-order chi connectivity index (χ1) is 18.1. The van der Waals surface area contributed by atoms with Gasteiger partial charge < -0.3 is 19.9 Å². The highest BCUT2D eigenvalue weighted by molar-refractivity contribution is 6.01. The van der Waals surface area contributed by atoms with Crippen molar-refractivity contribution in [1.29, 1.82) is 0 Å². The number of rotatable bonds is 8. The van der Waals surface area contributed by atoms with Crippen LogP contribution in [0.15, 0.2) is 85.1 Å². The fourth-order valence-corrected chi connectivity index (χ4v) is 4.92. The van der Waals surface area contributed by atoms with Gasteiger partial charge in [-0.25, -0.2) is 4.98 Å². The normalized spacial score (nSPS) is 14.4. The van der Waals surface area contributed by atoms with Crippen LogP contribution in [0.4, 0.5) is 11.5 Å². The summed E-state index contributed by atoms with van der Waals surface area (Å²) in [5, 5.41) is 5.29. The Morgan fingerprint density at radius 1 is 0.946 bits per heavy atom. The molecule has 1 aliphatic heterocycles. The van der Waals surface area contributed by atoms with Gasteiger partial charge in [0.2, 0.25) is 0 Å². The van der Waals surface area contributed by atoms with E-state index in [-0.39, 0.29) is 11.9 Å². The molecule has 6 heteroatoms. The average Bonchev–Trinajstić information content (AvgIpc) is 2.96. The number of nitrogens with one attached hydrogen (secondary N) is 1. The molecule has 4 aromatic rings. The summed E-state index contributed by atoms with van der Waals surface area (Å²) in [6.45, 7) is 5.61. The average molecular weight is 495 g/mol. The predicted octanol–water partition coefficient (Wildman–Crippen LogP) is 5.32. The van der Waals surface area contributed by atoms with E-state index in [2.05, 4.69) is 58.4 Å². The van der Waals surface area contributed by atoms with Crippen LogP contribution in [0.5, 0.6) is 5.75 Å². The number of hydrogen-bond acceptors (Lipinski definition) is 5. The van der Waals surface area contributed by atoms with Gasteiger partial charge in [0, 0.05) is 55.1 Å². The minimum atomic E-state index is -0.0402. The third-order valence-electron chi connectivity index (χ3n) is 7.11. The molecule has 1 aromatic heterocycles. The molecule has 1 amide bonds. The number of aromatic nitrogens is 1. The SMILES string of the molecule is COc1ccc(N2CCN(c3nccc4ccc(C(=O)N[C@@H](C)CCc5ccccc5)cc34)CC2)cc1. The van der Waals surface area contributed by atoms with Crippen molar-refractivity contribution >= 4 is 28.2 Å². The van der Waals surface area contributed by atoms with Crippen LogP contribution < -0.4 is 19.9 Å². The molecule has 0 aliphatic carbocycles. The maximum Gasteiger partial charge on any atom is 0.251 e. The molecule has 6 nitrogen and oxygen atoms in total. The summed E-state index contributed by atoms with van der Waals surface area (Å²) in [7, 11) is 1.69. The minimum Gasteiger partial charge on any atom is -0.497 e. The Hall–Kier alpha value is -4.06. The second-order valence-electron chi connectivity index (χ2n) is 9.64. The van der Waals surface area contributed by atoms with Crippen molar-refractivity contribution in [2.75, 3.05) is 43.1 Å². The largest absolute Gasteiger partial charge is 0.497 e. The molecule has 1 atom stereocenters. The highest BCUT2D eigenvalue weighted by atomic mass is 16.5. The van der Waals surface area contributed by atoms with Crippen molar-refractivity contribution in [1.82, 2.24) is 10.3 Å². The number of methoxy groups -OCH3 is 1. The highest BCUT2D eigenvalue weighted by Crippen LogP contribution is 2.28. The zero-order valence-electron chi connectivity index (χ0n) is 21.6. The molecule has 190 valence electrons. The molecule has 1 saturated heterocycles. The zero-order valence-corrected chi connectivity index (χ0v) is 21.6. The van der Waals surface area contributed by atoms with E-state index in [1.807, 2.05) is 48.7 Å². The summed E-state index contributed by atoms with van der Waals surface area (Å²) < 4.78 is 5.29. The first-order valence-corrected chi connectivity index (χ1v) is 13.0.